The van der Waals surface area contributed by atoms with Crippen molar-refractivity contribution in [1.82, 2.24) is 10.3 Å². The highest BCUT2D eigenvalue weighted by molar-refractivity contribution is 7.13. The Balaban J connectivity index is 2.24. The molecule has 130 valence electrons. The van der Waals surface area contributed by atoms with E-state index >= 15 is 0 Å². The van der Waals surface area contributed by atoms with Crippen LogP contribution in [0.5, 0.6) is 0 Å². The summed E-state index contributed by atoms with van der Waals surface area (Å²) in [6.45, 7) is 1.73. The van der Waals surface area contributed by atoms with Gasteiger partial charge in [0.25, 0.3) is 5.91 Å². The first-order valence-corrected chi connectivity index (χ1v) is 8.25. The van der Waals surface area contributed by atoms with E-state index in [0.29, 0.717) is 17.8 Å². The van der Waals surface area contributed by atoms with Crippen LogP contribution in [0.3, 0.4) is 0 Å². The Kier molecular flexibility index (Phi) is 5.84. The molecule has 0 aromatic carbocycles. The highest BCUT2D eigenvalue weighted by atomic mass is 35.5. The maximum atomic E-state index is 13.1. The molecule has 3 N–H and O–H groups in total. The van der Waals surface area contributed by atoms with Crippen LogP contribution in [0.25, 0.3) is 0 Å². The molecule has 1 aliphatic carbocycles. The summed E-state index contributed by atoms with van der Waals surface area (Å²) in [5, 5.41) is 2.67. The zero-order valence-corrected chi connectivity index (χ0v) is 14.2. The summed E-state index contributed by atoms with van der Waals surface area (Å²) >= 11 is 6.81. The van der Waals surface area contributed by atoms with Gasteiger partial charge in [0.15, 0.2) is 0 Å². The summed E-state index contributed by atoms with van der Waals surface area (Å²) in [6.07, 6.45) is 1.22. The molecular formula is C15H15ClF3N3OS. The van der Waals surface area contributed by atoms with E-state index in [1.807, 2.05) is 0 Å². The van der Waals surface area contributed by atoms with Crippen LogP contribution in [0.4, 0.5) is 13.2 Å². The number of nitrogens with one attached hydrogen (secondary N) is 1. The van der Waals surface area contributed by atoms with Crippen LogP contribution in [-0.4, -0.2) is 17.1 Å². The number of hydrogen-bond acceptors (Lipinski definition) is 4. The first-order chi connectivity index (χ1) is 11.2. The van der Waals surface area contributed by atoms with Gasteiger partial charge in [-0.2, -0.15) is 13.2 Å². The Morgan fingerprint density at radius 2 is 2.08 bits per heavy atom. The fourth-order valence-corrected chi connectivity index (χ4v) is 2.98. The number of carbonyl (C=O) groups is 1. The minimum atomic E-state index is -4.61. The molecule has 1 unspecified atom stereocenters. The van der Waals surface area contributed by atoms with Gasteiger partial charge in [0.2, 0.25) is 0 Å². The molecule has 0 bridgehead atoms. The van der Waals surface area contributed by atoms with Crippen LogP contribution in [0.2, 0.25) is 0 Å². The third-order valence-corrected chi connectivity index (χ3v) is 4.67. The van der Waals surface area contributed by atoms with E-state index in [9.17, 15) is 18.0 Å². The Bertz CT molecular complexity index is 720. The number of nitrogens with two attached hydrogens (primary N) is 1. The molecule has 1 amide bonds. The first-order valence-electron chi connectivity index (χ1n) is 7.06. The van der Waals surface area contributed by atoms with Gasteiger partial charge in [0.05, 0.1) is 17.8 Å². The van der Waals surface area contributed by atoms with E-state index in [4.69, 9.17) is 17.3 Å². The number of amides is 1. The Morgan fingerprint density at radius 3 is 2.67 bits per heavy atom. The molecule has 1 atom stereocenters. The van der Waals surface area contributed by atoms with Crippen molar-refractivity contribution < 1.29 is 18.0 Å². The maximum Gasteiger partial charge on any atom is 0.417 e. The van der Waals surface area contributed by atoms with E-state index in [-0.39, 0.29) is 21.6 Å². The summed E-state index contributed by atoms with van der Waals surface area (Å²) in [7, 11) is 0. The van der Waals surface area contributed by atoms with Gasteiger partial charge >= 0.3 is 6.18 Å². The molecule has 0 aliphatic heterocycles. The predicted octanol–water partition coefficient (Wildman–Crippen LogP) is 4.18. The van der Waals surface area contributed by atoms with Crippen molar-refractivity contribution in [2.45, 2.75) is 32.0 Å². The van der Waals surface area contributed by atoms with Gasteiger partial charge < -0.3 is 11.1 Å². The number of thiazole rings is 1. The quantitative estimate of drug-likeness (QED) is 0.830. The molecule has 9 heteroatoms. The average molecular weight is 378 g/mol. The van der Waals surface area contributed by atoms with E-state index in [1.165, 1.54) is 18.3 Å². The summed E-state index contributed by atoms with van der Waals surface area (Å²) < 4.78 is 39.2. The fourth-order valence-electron chi connectivity index (χ4n) is 1.94. The SMILES string of the molecule is CC(N)c1ncc(C(=O)NC2=CCCC=C(Cl)C(C(F)(F)F)=C2)s1. The van der Waals surface area contributed by atoms with Crippen LogP contribution in [0.1, 0.15) is 40.5 Å². The second-order valence-electron chi connectivity index (χ2n) is 5.15. The van der Waals surface area contributed by atoms with E-state index in [2.05, 4.69) is 10.3 Å². The van der Waals surface area contributed by atoms with E-state index in [0.717, 1.165) is 17.4 Å². The smallest absolute Gasteiger partial charge is 0.322 e. The van der Waals surface area contributed by atoms with E-state index in [1.54, 1.807) is 6.92 Å². The number of aromatic nitrogens is 1. The number of nitrogens with zero attached hydrogens (tertiary/aromatic N) is 1. The topological polar surface area (TPSA) is 68.0 Å². The fraction of sp³-hybridized carbons (Fsp3) is 0.333. The number of hydrogen-bond donors (Lipinski definition) is 2. The minimum absolute atomic E-state index is 0.0503. The van der Waals surface area contributed by atoms with Crippen LogP contribution in [0.15, 0.2) is 40.7 Å². The van der Waals surface area contributed by atoms with Gasteiger partial charge in [0.1, 0.15) is 9.88 Å². The highest BCUT2D eigenvalue weighted by Crippen LogP contribution is 2.35. The van der Waals surface area contributed by atoms with Gasteiger partial charge in [-0.1, -0.05) is 23.8 Å². The summed E-state index contributed by atoms with van der Waals surface area (Å²) in [5.74, 6) is -0.538. The zero-order chi connectivity index (χ0) is 17.9. The Morgan fingerprint density at radius 1 is 1.42 bits per heavy atom. The molecule has 4 nitrogen and oxygen atoms in total. The van der Waals surface area contributed by atoms with Crippen molar-refractivity contribution in [1.29, 1.82) is 0 Å². The molecule has 0 saturated carbocycles. The Labute approximate surface area is 145 Å². The lowest BCUT2D eigenvalue weighted by molar-refractivity contribution is -0.0887. The molecule has 0 spiro atoms. The van der Waals surface area contributed by atoms with Crippen molar-refractivity contribution in [3.8, 4) is 0 Å². The van der Waals surface area contributed by atoms with Crippen molar-refractivity contribution in [2.75, 3.05) is 0 Å². The lowest BCUT2D eigenvalue weighted by Gasteiger charge is -2.15. The highest BCUT2D eigenvalue weighted by Gasteiger charge is 2.36. The lowest BCUT2D eigenvalue weighted by Crippen LogP contribution is -2.23. The summed E-state index contributed by atoms with van der Waals surface area (Å²) in [6, 6.07) is -0.321. The number of halogens is 4. The predicted molar refractivity (Wildman–Crippen MR) is 87.6 cm³/mol. The van der Waals surface area contributed by atoms with Crippen molar-refractivity contribution in [3.63, 3.8) is 0 Å². The second-order valence-corrected chi connectivity index (χ2v) is 6.62. The van der Waals surface area contributed by atoms with Gasteiger partial charge in [-0.3, -0.25) is 4.79 Å². The van der Waals surface area contributed by atoms with Crippen LogP contribution in [0, 0.1) is 0 Å². The average Bonchev–Trinajstić information content (AvgIpc) is 2.95. The lowest BCUT2D eigenvalue weighted by atomic mass is 10.1. The Hall–Kier alpha value is -1.64. The van der Waals surface area contributed by atoms with Crippen molar-refractivity contribution in [3.05, 3.63) is 50.6 Å². The molecular weight excluding hydrogens is 363 g/mol. The van der Waals surface area contributed by atoms with Crippen LogP contribution in [-0.2, 0) is 0 Å². The van der Waals surface area contributed by atoms with E-state index < -0.39 is 17.7 Å². The third kappa shape index (κ3) is 4.68. The van der Waals surface area contributed by atoms with Gasteiger partial charge in [-0.15, -0.1) is 11.3 Å². The second kappa shape index (κ2) is 7.50. The maximum absolute atomic E-state index is 13.1. The molecule has 2 rings (SSSR count). The standard InChI is InChI=1S/C15H15ClF3N3OS/c1-8(20)14-21-7-12(24-14)13(23)22-9-4-2-3-5-11(16)10(6-9)15(17,18)19/h4-8H,2-3,20H2,1H3,(H,22,23). The molecule has 0 saturated heterocycles. The van der Waals surface area contributed by atoms with Crippen molar-refractivity contribution in [2.24, 2.45) is 5.73 Å². The van der Waals surface area contributed by atoms with Crippen molar-refractivity contribution >= 4 is 28.8 Å². The number of alkyl halides is 3. The molecule has 1 aliphatic rings. The molecule has 1 aromatic rings. The van der Waals surface area contributed by atoms with Crippen LogP contribution >= 0.6 is 22.9 Å². The molecule has 0 fully saturated rings. The molecule has 1 heterocycles. The monoisotopic (exact) mass is 377 g/mol. The molecule has 24 heavy (non-hydrogen) atoms. The number of allylic oxidation sites excluding steroid dienone is 5. The van der Waals surface area contributed by atoms with Crippen LogP contribution < -0.4 is 11.1 Å². The number of carbonyl (C=O) groups excluding carboxylic acids is 1. The zero-order valence-electron chi connectivity index (χ0n) is 12.7. The molecule has 1 aromatic heterocycles. The summed E-state index contributed by atoms with van der Waals surface area (Å²) in [5.41, 5.74) is 4.74. The number of rotatable bonds is 3. The minimum Gasteiger partial charge on any atom is -0.322 e. The normalized spacial score (nSPS) is 17.2. The third-order valence-electron chi connectivity index (χ3n) is 3.11. The molecule has 0 radical (unpaired) electrons. The van der Waals surface area contributed by atoms with Gasteiger partial charge in [0, 0.05) is 10.7 Å². The first kappa shape index (κ1) is 18.7. The van der Waals surface area contributed by atoms with Gasteiger partial charge in [-0.25, -0.2) is 4.98 Å². The summed E-state index contributed by atoms with van der Waals surface area (Å²) in [4.78, 5) is 16.5. The van der Waals surface area contributed by atoms with Gasteiger partial charge in [-0.05, 0) is 25.8 Å². The largest absolute Gasteiger partial charge is 0.417 e.